The Morgan fingerprint density at radius 3 is 2.56 bits per heavy atom. The van der Waals surface area contributed by atoms with Crippen molar-refractivity contribution < 1.29 is 13.2 Å². The first-order valence-corrected chi connectivity index (χ1v) is 9.65. The summed E-state index contributed by atoms with van der Waals surface area (Å²) in [5, 5.41) is 3.04. The minimum absolute atomic E-state index is 0.281. The van der Waals surface area contributed by atoms with Gasteiger partial charge < -0.3 is 9.72 Å². The van der Waals surface area contributed by atoms with Gasteiger partial charge in [-0.15, -0.1) is 0 Å². The SMILES string of the molecule is Cc1cccn2cc(C(=O)Nc3cc(Cl)cc(NS(C)(=O)=O)c3)cc12. The second-order valence-electron chi connectivity index (χ2n) is 5.77. The molecule has 0 saturated heterocycles. The lowest BCUT2D eigenvalue weighted by atomic mass is 10.2. The predicted octanol–water partition coefficient (Wildman–Crippen LogP) is 3.52. The normalized spacial score (nSPS) is 11.5. The summed E-state index contributed by atoms with van der Waals surface area (Å²) in [4.78, 5) is 12.5. The van der Waals surface area contributed by atoms with Crippen molar-refractivity contribution >= 4 is 44.4 Å². The molecular formula is C17H16ClN3O3S. The summed E-state index contributed by atoms with van der Waals surface area (Å²) in [7, 11) is -3.44. The Kier molecular flexibility index (Phi) is 4.45. The van der Waals surface area contributed by atoms with Gasteiger partial charge >= 0.3 is 0 Å². The zero-order chi connectivity index (χ0) is 18.2. The molecular weight excluding hydrogens is 362 g/mol. The molecule has 0 aliphatic carbocycles. The second kappa shape index (κ2) is 6.42. The largest absolute Gasteiger partial charge is 0.323 e. The molecule has 0 saturated carbocycles. The molecule has 2 aromatic heterocycles. The van der Waals surface area contributed by atoms with Gasteiger partial charge in [-0.25, -0.2) is 8.42 Å². The first kappa shape index (κ1) is 17.3. The fraction of sp³-hybridized carbons (Fsp3) is 0.118. The van der Waals surface area contributed by atoms with E-state index in [1.165, 1.54) is 12.1 Å². The molecule has 0 aliphatic rings. The second-order valence-corrected chi connectivity index (χ2v) is 7.95. The van der Waals surface area contributed by atoms with E-state index in [2.05, 4.69) is 10.0 Å². The van der Waals surface area contributed by atoms with Crippen LogP contribution in [0.15, 0.2) is 48.8 Å². The van der Waals surface area contributed by atoms with Crippen LogP contribution >= 0.6 is 11.6 Å². The molecule has 6 nitrogen and oxygen atoms in total. The molecule has 1 aromatic carbocycles. The first-order valence-electron chi connectivity index (χ1n) is 7.38. The minimum atomic E-state index is -3.44. The number of carbonyl (C=O) groups is 1. The molecule has 0 spiro atoms. The minimum Gasteiger partial charge on any atom is -0.323 e. The lowest BCUT2D eigenvalue weighted by Gasteiger charge is -2.09. The van der Waals surface area contributed by atoms with E-state index in [0.29, 0.717) is 16.3 Å². The number of rotatable bonds is 4. The number of hydrogen-bond donors (Lipinski definition) is 2. The highest BCUT2D eigenvalue weighted by Crippen LogP contribution is 2.24. The molecule has 0 aliphatic heterocycles. The van der Waals surface area contributed by atoms with E-state index in [0.717, 1.165) is 17.3 Å². The summed E-state index contributed by atoms with van der Waals surface area (Å²) < 4.78 is 26.9. The van der Waals surface area contributed by atoms with Crippen LogP contribution in [0.5, 0.6) is 0 Å². The van der Waals surface area contributed by atoms with Crippen LogP contribution in [0.1, 0.15) is 15.9 Å². The van der Waals surface area contributed by atoms with Crippen LogP contribution in [-0.4, -0.2) is 25.0 Å². The summed E-state index contributed by atoms with van der Waals surface area (Å²) in [6.07, 6.45) is 4.64. The quantitative estimate of drug-likeness (QED) is 0.730. The van der Waals surface area contributed by atoms with E-state index < -0.39 is 10.0 Å². The Bertz CT molecular complexity index is 1070. The van der Waals surface area contributed by atoms with E-state index in [1.54, 1.807) is 18.3 Å². The van der Waals surface area contributed by atoms with Gasteiger partial charge in [-0.05, 0) is 42.8 Å². The molecule has 0 bridgehead atoms. The van der Waals surface area contributed by atoms with Crippen molar-refractivity contribution in [1.82, 2.24) is 4.40 Å². The summed E-state index contributed by atoms with van der Waals surface area (Å²) in [5.41, 5.74) is 3.17. The molecule has 2 N–H and O–H groups in total. The summed E-state index contributed by atoms with van der Waals surface area (Å²) in [6, 6.07) is 10.2. The van der Waals surface area contributed by atoms with Gasteiger partial charge in [-0.3, -0.25) is 9.52 Å². The maximum absolute atomic E-state index is 12.5. The number of aromatic nitrogens is 1. The highest BCUT2D eigenvalue weighted by molar-refractivity contribution is 7.92. The average Bonchev–Trinajstić information content (AvgIpc) is 2.90. The summed E-state index contributed by atoms with van der Waals surface area (Å²) in [5.74, 6) is -0.310. The van der Waals surface area contributed by atoms with Crippen LogP contribution in [0.3, 0.4) is 0 Å². The van der Waals surface area contributed by atoms with Crippen LogP contribution in [0.2, 0.25) is 5.02 Å². The molecule has 0 radical (unpaired) electrons. The molecule has 0 unspecified atom stereocenters. The average molecular weight is 378 g/mol. The molecule has 3 aromatic rings. The monoisotopic (exact) mass is 377 g/mol. The number of amides is 1. The maximum Gasteiger partial charge on any atom is 0.257 e. The number of fused-ring (bicyclic) bond motifs is 1. The van der Waals surface area contributed by atoms with Crippen LogP contribution < -0.4 is 10.0 Å². The number of halogens is 1. The molecule has 130 valence electrons. The molecule has 0 atom stereocenters. The van der Waals surface area contributed by atoms with Crippen LogP contribution in [0.4, 0.5) is 11.4 Å². The van der Waals surface area contributed by atoms with E-state index in [9.17, 15) is 13.2 Å². The van der Waals surface area contributed by atoms with Crippen molar-refractivity contribution in [2.24, 2.45) is 0 Å². The zero-order valence-electron chi connectivity index (χ0n) is 13.6. The predicted molar refractivity (Wildman–Crippen MR) is 100 cm³/mol. The Labute approximate surface area is 150 Å². The fourth-order valence-corrected chi connectivity index (χ4v) is 3.33. The first-order chi connectivity index (χ1) is 11.7. The van der Waals surface area contributed by atoms with Crippen LogP contribution in [-0.2, 0) is 10.0 Å². The molecule has 25 heavy (non-hydrogen) atoms. The standard InChI is InChI=1S/C17H16ClN3O3S/c1-11-4-3-5-21-10-12(6-16(11)21)17(22)19-14-7-13(18)8-15(9-14)20-25(2,23)24/h3-10,20H,1-2H3,(H,19,22). The number of pyridine rings is 1. The van der Waals surface area contributed by atoms with Gasteiger partial charge in [0.25, 0.3) is 5.91 Å². The number of nitrogens with one attached hydrogen (secondary N) is 2. The number of anilines is 2. The van der Waals surface area contributed by atoms with Gasteiger partial charge in [0.2, 0.25) is 10.0 Å². The number of carbonyl (C=O) groups excluding carboxylic acids is 1. The lowest BCUT2D eigenvalue weighted by molar-refractivity contribution is 0.102. The topological polar surface area (TPSA) is 79.7 Å². The number of benzene rings is 1. The molecule has 3 rings (SSSR count). The fourth-order valence-electron chi connectivity index (χ4n) is 2.55. The highest BCUT2D eigenvalue weighted by atomic mass is 35.5. The smallest absolute Gasteiger partial charge is 0.257 e. The molecule has 2 heterocycles. The lowest BCUT2D eigenvalue weighted by Crippen LogP contribution is -2.13. The van der Waals surface area contributed by atoms with E-state index >= 15 is 0 Å². The Morgan fingerprint density at radius 1 is 1.16 bits per heavy atom. The van der Waals surface area contributed by atoms with Crippen molar-refractivity contribution in [3.05, 3.63) is 64.9 Å². The van der Waals surface area contributed by atoms with Gasteiger partial charge in [0.15, 0.2) is 0 Å². The van der Waals surface area contributed by atoms with Gasteiger partial charge in [-0.2, -0.15) is 0 Å². The summed E-state index contributed by atoms with van der Waals surface area (Å²) >= 11 is 6.00. The number of aryl methyl sites for hydroxylation is 1. The van der Waals surface area contributed by atoms with E-state index in [1.807, 2.05) is 29.7 Å². The van der Waals surface area contributed by atoms with Crippen molar-refractivity contribution in [3.8, 4) is 0 Å². The van der Waals surface area contributed by atoms with Crippen LogP contribution in [0, 0.1) is 6.92 Å². The number of hydrogen-bond acceptors (Lipinski definition) is 3. The van der Waals surface area contributed by atoms with Crippen molar-refractivity contribution in [2.45, 2.75) is 6.92 Å². The van der Waals surface area contributed by atoms with Gasteiger partial charge in [0.05, 0.1) is 17.5 Å². The van der Waals surface area contributed by atoms with Crippen LogP contribution in [0.25, 0.3) is 5.52 Å². The number of nitrogens with zero attached hydrogens (tertiary/aromatic N) is 1. The van der Waals surface area contributed by atoms with Crippen molar-refractivity contribution in [3.63, 3.8) is 0 Å². The van der Waals surface area contributed by atoms with Crippen molar-refractivity contribution in [2.75, 3.05) is 16.3 Å². The van der Waals surface area contributed by atoms with E-state index in [4.69, 9.17) is 11.6 Å². The molecule has 0 fully saturated rings. The third kappa shape index (κ3) is 4.12. The Balaban J connectivity index is 1.88. The Hall–Kier alpha value is -2.51. The van der Waals surface area contributed by atoms with Gasteiger partial charge in [-0.1, -0.05) is 17.7 Å². The summed E-state index contributed by atoms with van der Waals surface area (Å²) in [6.45, 7) is 1.97. The highest BCUT2D eigenvalue weighted by Gasteiger charge is 2.12. The maximum atomic E-state index is 12.5. The van der Waals surface area contributed by atoms with E-state index in [-0.39, 0.29) is 11.6 Å². The molecule has 1 amide bonds. The van der Waals surface area contributed by atoms with Gasteiger partial charge in [0, 0.05) is 28.6 Å². The number of sulfonamides is 1. The zero-order valence-corrected chi connectivity index (χ0v) is 15.1. The Morgan fingerprint density at radius 2 is 1.88 bits per heavy atom. The third-order valence-corrected chi connectivity index (χ3v) is 4.39. The van der Waals surface area contributed by atoms with Gasteiger partial charge in [0.1, 0.15) is 0 Å². The van der Waals surface area contributed by atoms with Crippen molar-refractivity contribution in [1.29, 1.82) is 0 Å². The molecule has 8 heteroatoms. The third-order valence-electron chi connectivity index (χ3n) is 3.57.